The molecule has 1 aliphatic heterocycles. The Morgan fingerprint density at radius 3 is 2.80 bits per heavy atom. The minimum Gasteiger partial charge on any atom is -0.394 e. The average molecular weight is 280 g/mol. The third-order valence-electron chi connectivity index (χ3n) is 3.29. The molecule has 1 saturated heterocycles. The molecule has 1 aliphatic rings. The van der Waals surface area contributed by atoms with Crippen LogP contribution >= 0.6 is 0 Å². The minimum absolute atomic E-state index is 0.0872. The van der Waals surface area contributed by atoms with E-state index >= 15 is 0 Å². The molecule has 1 fully saturated rings. The van der Waals surface area contributed by atoms with Crippen molar-refractivity contribution in [1.82, 2.24) is 9.88 Å². The van der Waals surface area contributed by atoms with E-state index in [2.05, 4.69) is 4.98 Å². The highest BCUT2D eigenvalue weighted by atomic mass is 16.5. The van der Waals surface area contributed by atoms with E-state index in [0.717, 1.165) is 0 Å². The first-order valence-corrected chi connectivity index (χ1v) is 6.60. The largest absolute Gasteiger partial charge is 0.394 e. The summed E-state index contributed by atoms with van der Waals surface area (Å²) in [6.07, 6.45) is 1.15. The fourth-order valence-corrected chi connectivity index (χ4v) is 2.44. The molecule has 1 atom stereocenters. The Balaban J connectivity index is 2.16. The van der Waals surface area contributed by atoms with Crippen LogP contribution in [0.4, 0.5) is 0 Å². The molecule has 2 heterocycles. The summed E-state index contributed by atoms with van der Waals surface area (Å²) >= 11 is 0. The van der Waals surface area contributed by atoms with Gasteiger partial charge in [-0.3, -0.25) is 9.59 Å². The van der Waals surface area contributed by atoms with Crippen LogP contribution in [-0.2, 0) is 4.74 Å². The highest BCUT2D eigenvalue weighted by Crippen LogP contribution is 2.22. The molecule has 110 valence electrons. The monoisotopic (exact) mass is 280 g/mol. The van der Waals surface area contributed by atoms with E-state index in [1.54, 1.807) is 11.0 Å². The summed E-state index contributed by atoms with van der Waals surface area (Å²) in [5.74, 6) is -0.275. The fraction of sp³-hybridized carbons (Fsp3) is 0.571. The van der Waals surface area contributed by atoms with Crippen molar-refractivity contribution in [2.75, 3.05) is 19.7 Å². The van der Waals surface area contributed by atoms with Gasteiger partial charge >= 0.3 is 0 Å². The van der Waals surface area contributed by atoms with Crippen molar-refractivity contribution in [2.45, 2.75) is 32.5 Å². The zero-order valence-electron chi connectivity index (χ0n) is 12.0. The first kappa shape index (κ1) is 14.7. The number of aromatic nitrogens is 1. The standard InChI is InChI=1S/C14H20N2O4/c1-9(18)10-4-12(15-5-10)13(19)16-6-11(7-17)20-14(2,3)8-16/h4-5,11,15,17H,6-8H2,1-3H3. The van der Waals surface area contributed by atoms with E-state index in [-0.39, 0.29) is 24.4 Å². The molecule has 1 unspecified atom stereocenters. The zero-order valence-corrected chi connectivity index (χ0v) is 12.0. The molecule has 0 bridgehead atoms. The number of morpholine rings is 1. The molecule has 0 saturated carbocycles. The zero-order chi connectivity index (χ0) is 14.9. The van der Waals surface area contributed by atoms with Gasteiger partial charge in [0.1, 0.15) is 5.69 Å². The Kier molecular flexibility index (Phi) is 3.96. The lowest BCUT2D eigenvalue weighted by Gasteiger charge is -2.42. The SMILES string of the molecule is CC(=O)c1c[nH]c(C(=O)N2CC(CO)OC(C)(C)C2)c1. The van der Waals surface area contributed by atoms with Gasteiger partial charge in [0.15, 0.2) is 5.78 Å². The first-order chi connectivity index (χ1) is 9.32. The van der Waals surface area contributed by atoms with E-state index in [4.69, 9.17) is 4.74 Å². The number of aliphatic hydroxyl groups excluding tert-OH is 1. The number of nitrogens with one attached hydrogen (secondary N) is 1. The number of Topliss-reactive ketones (excluding diaryl/α,β-unsaturated/α-hetero) is 1. The van der Waals surface area contributed by atoms with Gasteiger partial charge in [-0.25, -0.2) is 0 Å². The van der Waals surface area contributed by atoms with Crippen LogP contribution in [0.1, 0.15) is 41.6 Å². The van der Waals surface area contributed by atoms with Crippen LogP contribution in [-0.4, -0.2) is 58.1 Å². The molecular weight excluding hydrogens is 260 g/mol. The lowest BCUT2D eigenvalue weighted by atomic mass is 10.0. The van der Waals surface area contributed by atoms with Gasteiger partial charge in [0.2, 0.25) is 0 Å². The number of H-pyrrole nitrogens is 1. The molecular formula is C14H20N2O4. The second-order valence-corrected chi connectivity index (χ2v) is 5.73. The maximum absolute atomic E-state index is 12.4. The van der Waals surface area contributed by atoms with Gasteiger partial charge in [-0.2, -0.15) is 0 Å². The number of hydrogen-bond acceptors (Lipinski definition) is 4. The number of carbonyl (C=O) groups excluding carboxylic acids is 2. The number of hydrogen-bond donors (Lipinski definition) is 2. The highest BCUT2D eigenvalue weighted by Gasteiger charge is 2.35. The Morgan fingerprint density at radius 2 is 2.25 bits per heavy atom. The van der Waals surface area contributed by atoms with E-state index in [1.807, 2.05) is 13.8 Å². The molecule has 0 aromatic carbocycles. The third-order valence-corrected chi connectivity index (χ3v) is 3.29. The summed E-state index contributed by atoms with van der Waals surface area (Å²) in [5.41, 5.74) is 0.362. The van der Waals surface area contributed by atoms with Gasteiger partial charge in [-0.05, 0) is 26.8 Å². The molecule has 0 aliphatic carbocycles. The van der Waals surface area contributed by atoms with E-state index in [1.165, 1.54) is 13.1 Å². The molecule has 0 radical (unpaired) electrons. The molecule has 2 rings (SSSR count). The van der Waals surface area contributed by atoms with Crippen molar-refractivity contribution in [1.29, 1.82) is 0 Å². The van der Waals surface area contributed by atoms with E-state index < -0.39 is 5.60 Å². The average Bonchev–Trinajstić information content (AvgIpc) is 2.85. The third kappa shape index (κ3) is 3.08. The summed E-state index contributed by atoms with van der Waals surface area (Å²) in [7, 11) is 0. The number of ether oxygens (including phenoxy) is 1. The number of aliphatic hydroxyl groups is 1. The van der Waals surface area contributed by atoms with E-state index in [0.29, 0.717) is 24.3 Å². The molecule has 2 N–H and O–H groups in total. The fourth-order valence-electron chi connectivity index (χ4n) is 2.44. The highest BCUT2D eigenvalue weighted by molar-refractivity contribution is 5.99. The predicted octanol–water partition coefficient (Wildman–Crippen LogP) is 0.829. The summed E-state index contributed by atoms with van der Waals surface area (Å²) in [4.78, 5) is 28.2. The van der Waals surface area contributed by atoms with Crippen molar-refractivity contribution in [3.05, 3.63) is 23.5 Å². The van der Waals surface area contributed by atoms with Crippen molar-refractivity contribution < 1.29 is 19.4 Å². The van der Waals surface area contributed by atoms with Gasteiger partial charge in [0.25, 0.3) is 5.91 Å². The minimum atomic E-state index is -0.503. The topological polar surface area (TPSA) is 82.6 Å². The van der Waals surface area contributed by atoms with Crippen LogP contribution in [0.15, 0.2) is 12.3 Å². The number of carbonyl (C=O) groups is 2. The number of nitrogens with zero attached hydrogens (tertiary/aromatic N) is 1. The number of rotatable bonds is 3. The van der Waals surface area contributed by atoms with Crippen LogP contribution in [0.5, 0.6) is 0 Å². The first-order valence-electron chi connectivity index (χ1n) is 6.60. The number of ketones is 1. The molecule has 6 nitrogen and oxygen atoms in total. The van der Waals surface area contributed by atoms with Crippen LogP contribution in [0.2, 0.25) is 0 Å². The maximum atomic E-state index is 12.4. The van der Waals surface area contributed by atoms with Gasteiger partial charge in [-0.15, -0.1) is 0 Å². The maximum Gasteiger partial charge on any atom is 0.270 e. The Hall–Kier alpha value is -1.66. The summed E-state index contributed by atoms with van der Waals surface area (Å²) in [6, 6.07) is 1.56. The van der Waals surface area contributed by atoms with Crippen LogP contribution in [0.25, 0.3) is 0 Å². The molecule has 1 aromatic rings. The predicted molar refractivity (Wildman–Crippen MR) is 72.7 cm³/mol. The number of amides is 1. The quantitative estimate of drug-likeness (QED) is 0.803. The Bertz CT molecular complexity index is 521. The van der Waals surface area contributed by atoms with Crippen molar-refractivity contribution in [3.63, 3.8) is 0 Å². The lowest BCUT2D eigenvalue weighted by molar-refractivity contribution is -0.139. The molecule has 20 heavy (non-hydrogen) atoms. The van der Waals surface area contributed by atoms with Crippen molar-refractivity contribution in [3.8, 4) is 0 Å². The van der Waals surface area contributed by atoms with Crippen LogP contribution in [0.3, 0.4) is 0 Å². The van der Waals surface area contributed by atoms with Gasteiger partial charge in [-0.1, -0.05) is 0 Å². The smallest absolute Gasteiger partial charge is 0.270 e. The Labute approximate surface area is 117 Å². The summed E-state index contributed by atoms with van der Waals surface area (Å²) in [5, 5.41) is 9.25. The lowest BCUT2D eigenvalue weighted by Crippen LogP contribution is -2.55. The van der Waals surface area contributed by atoms with Crippen molar-refractivity contribution in [2.24, 2.45) is 0 Å². The van der Waals surface area contributed by atoms with E-state index in [9.17, 15) is 14.7 Å². The van der Waals surface area contributed by atoms with Crippen molar-refractivity contribution >= 4 is 11.7 Å². The molecule has 1 amide bonds. The molecule has 1 aromatic heterocycles. The number of aromatic amines is 1. The molecule has 6 heteroatoms. The second-order valence-electron chi connectivity index (χ2n) is 5.73. The van der Waals surface area contributed by atoms with Gasteiger partial charge < -0.3 is 19.7 Å². The normalized spacial score (nSPS) is 21.8. The second kappa shape index (κ2) is 5.38. The van der Waals surface area contributed by atoms with Crippen LogP contribution in [0, 0.1) is 0 Å². The summed E-state index contributed by atoms with van der Waals surface area (Å²) < 4.78 is 5.67. The van der Waals surface area contributed by atoms with Gasteiger partial charge in [0, 0.05) is 24.8 Å². The van der Waals surface area contributed by atoms with Gasteiger partial charge in [0.05, 0.1) is 18.3 Å². The Morgan fingerprint density at radius 1 is 1.55 bits per heavy atom. The van der Waals surface area contributed by atoms with Crippen LogP contribution < -0.4 is 0 Å². The molecule has 0 spiro atoms. The summed E-state index contributed by atoms with van der Waals surface area (Å²) in [6.45, 7) is 5.87.